The van der Waals surface area contributed by atoms with Crippen molar-refractivity contribution < 1.29 is 115 Å². The number of hydrogen-bond acceptors (Lipinski definition) is 10. The molecule has 1 aliphatic carbocycles. The van der Waals surface area contributed by atoms with Crippen molar-refractivity contribution >= 4 is 60.8 Å². The molecule has 0 aromatic carbocycles. The average Bonchev–Trinajstić information content (AvgIpc) is 2.95. The summed E-state index contributed by atoms with van der Waals surface area (Å²) in [5, 5.41) is 0. The van der Waals surface area contributed by atoms with E-state index < -0.39 is 84.4 Å². The van der Waals surface area contributed by atoms with Crippen LogP contribution in [0.4, 0.5) is 0 Å². The van der Waals surface area contributed by atoms with E-state index in [1.807, 2.05) is 0 Å². The lowest BCUT2D eigenvalue weighted by atomic mass is 10.1. The fraction of sp³-hybridized carbons (Fsp3) is 1.00. The molecule has 0 aromatic rings. The van der Waals surface area contributed by atoms with Gasteiger partial charge in [-0.3, -0.25) is 36.5 Å². The summed E-state index contributed by atoms with van der Waals surface area (Å²) in [4.78, 5) is 128. The van der Waals surface area contributed by atoms with Crippen LogP contribution in [-0.4, -0.2) is 114 Å². The fourth-order valence-electron chi connectivity index (χ4n) is 2.32. The van der Waals surface area contributed by atoms with Crippen LogP contribution in [0.1, 0.15) is 19.3 Å². The molecular formula is C10H38N2O24P8. The van der Waals surface area contributed by atoms with Gasteiger partial charge < -0.3 is 89.8 Å². The van der Waals surface area contributed by atoms with E-state index in [2.05, 4.69) is 0 Å². The Bertz CT molecular complexity index is 959. The van der Waals surface area contributed by atoms with Gasteiger partial charge in [-0.05, 0) is 25.3 Å². The van der Waals surface area contributed by atoms with Crippen LogP contribution in [-0.2, 0) is 36.5 Å². The molecule has 2 unspecified atom stereocenters. The Balaban J connectivity index is -0.000000227. The van der Waals surface area contributed by atoms with Crippen molar-refractivity contribution in [1.82, 2.24) is 0 Å². The maximum absolute atomic E-state index is 9.85. The van der Waals surface area contributed by atoms with Crippen LogP contribution >= 0.6 is 60.8 Å². The van der Waals surface area contributed by atoms with Crippen LogP contribution in [0.25, 0.3) is 0 Å². The predicted octanol–water partition coefficient (Wildman–Crippen LogP) is -2.73. The first kappa shape index (κ1) is 51.9. The highest BCUT2D eigenvalue weighted by molar-refractivity contribution is 7.70. The van der Waals surface area contributed by atoms with E-state index in [0.717, 1.165) is 6.54 Å². The van der Waals surface area contributed by atoms with Crippen molar-refractivity contribution in [3.63, 3.8) is 0 Å². The minimum atomic E-state index is -4.55. The lowest BCUT2D eigenvalue weighted by Gasteiger charge is -2.10. The Kier molecular flexibility index (Phi) is 24.3. The molecular weight excluding hydrogens is 780 g/mol. The van der Waals surface area contributed by atoms with Crippen molar-refractivity contribution in [3.05, 3.63) is 0 Å². The number of rotatable bonds is 9. The van der Waals surface area contributed by atoms with Gasteiger partial charge in [0.05, 0.1) is 0 Å². The van der Waals surface area contributed by atoms with Crippen molar-refractivity contribution in [2.45, 2.75) is 25.3 Å². The molecule has 1 aliphatic rings. The molecule has 20 N–H and O–H groups in total. The molecule has 1 fully saturated rings. The van der Waals surface area contributed by atoms with Gasteiger partial charge in [-0.2, -0.15) is 0 Å². The van der Waals surface area contributed by atoms with Crippen LogP contribution in [0.2, 0.25) is 0 Å². The predicted molar refractivity (Wildman–Crippen MR) is 150 cm³/mol. The molecule has 0 heterocycles. The maximum atomic E-state index is 9.85. The summed E-state index contributed by atoms with van der Waals surface area (Å²) in [6.45, 7) is 0.779. The topological polar surface area (TPSA) is 512 Å². The number of hydrogen-bond donors (Lipinski definition) is 18. The Morgan fingerprint density at radius 2 is 0.591 bits per heavy atom. The molecule has 0 spiro atoms. The van der Waals surface area contributed by atoms with E-state index in [9.17, 15) is 36.5 Å². The van der Waals surface area contributed by atoms with Gasteiger partial charge in [0, 0.05) is 6.04 Å². The minimum Gasteiger partial charge on any atom is -0.330 e. The first-order valence-corrected chi connectivity index (χ1v) is 24.9. The van der Waals surface area contributed by atoms with Crippen molar-refractivity contribution in [1.29, 1.82) is 0 Å². The largest absolute Gasteiger partial charge is 0.337 e. The zero-order valence-corrected chi connectivity index (χ0v) is 29.1. The van der Waals surface area contributed by atoms with Crippen LogP contribution in [0.5, 0.6) is 0 Å². The van der Waals surface area contributed by atoms with Crippen molar-refractivity contribution in [3.8, 4) is 0 Å². The van der Waals surface area contributed by atoms with Gasteiger partial charge in [0.2, 0.25) is 0 Å². The molecule has 0 radical (unpaired) electrons. The van der Waals surface area contributed by atoms with E-state index in [1.165, 1.54) is 19.3 Å². The van der Waals surface area contributed by atoms with E-state index in [0.29, 0.717) is 12.0 Å². The Morgan fingerprint density at radius 1 is 0.409 bits per heavy atom. The van der Waals surface area contributed by atoms with Gasteiger partial charge in [0.1, 0.15) is 0 Å². The van der Waals surface area contributed by atoms with Crippen molar-refractivity contribution in [2.24, 2.45) is 17.4 Å². The smallest absolute Gasteiger partial charge is 0.330 e. The van der Waals surface area contributed by atoms with Gasteiger partial charge in [0.25, 0.3) is 0 Å². The van der Waals surface area contributed by atoms with Crippen molar-refractivity contribution in [2.75, 3.05) is 30.2 Å². The summed E-state index contributed by atoms with van der Waals surface area (Å²) in [6, 6.07) is 0.403. The average molecular weight is 818 g/mol. The quantitative estimate of drug-likeness (QED) is 0.105. The van der Waals surface area contributed by atoms with Crippen LogP contribution in [0.15, 0.2) is 0 Å². The molecule has 1 saturated carbocycles. The second kappa shape index (κ2) is 20.6. The third-order valence-corrected chi connectivity index (χ3v) is 15.3. The molecule has 0 saturated heterocycles. The van der Waals surface area contributed by atoms with Gasteiger partial charge in [-0.1, -0.05) is 6.42 Å². The molecule has 34 heteroatoms. The first-order chi connectivity index (χ1) is 18.7. The Labute approximate surface area is 248 Å². The molecule has 0 aromatic heterocycles. The molecule has 26 nitrogen and oxygen atoms in total. The van der Waals surface area contributed by atoms with E-state index in [4.69, 9.17) is 89.8 Å². The third kappa shape index (κ3) is 55.5. The second-order valence-corrected chi connectivity index (χ2v) is 23.6. The standard InChI is InChI=1S/C6H14N2.4CH6O6P2/c7-4-5-2-1-3-6(5)8;4*2-8(3,4)1-9(5,6)7/h5-6H,1-4,7-8H2;4*1H2,(H2,2,3,4)(H2,5,6,7). The third-order valence-electron chi connectivity index (χ3n) is 3.49. The lowest BCUT2D eigenvalue weighted by molar-refractivity contribution is 0.352. The van der Waals surface area contributed by atoms with Gasteiger partial charge in [-0.15, -0.1) is 0 Å². The molecule has 272 valence electrons. The molecule has 0 amide bonds. The summed E-state index contributed by atoms with van der Waals surface area (Å²) in [5.74, 6) is -4.88. The monoisotopic (exact) mass is 818 g/mol. The van der Waals surface area contributed by atoms with Gasteiger partial charge >= 0.3 is 60.8 Å². The first-order valence-electron chi connectivity index (χ1n) is 10.5. The Hall–Kier alpha value is 1.12. The zero-order valence-electron chi connectivity index (χ0n) is 22.0. The summed E-state index contributed by atoms with van der Waals surface area (Å²) in [7, 11) is -36.4. The molecule has 0 aliphatic heterocycles. The van der Waals surface area contributed by atoms with E-state index in [1.54, 1.807) is 0 Å². The fourth-order valence-corrected chi connectivity index (χ4v) is 10.00. The highest BCUT2D eigenvalue weighted by Crippen LogP contribution is 2.53. The van der Waals surface area contributed by atoms with Crippen LogP contribution in [0, 0.1) is 5.92 Å². The zero-order chi connectivity index (χ0) is 36.8. The number of nitrogens with two attached hydrogens (primary N) is 2. The summed E-state index contributed by atoms with van der Waals surface area (Å²) < 4.78 is 78.8. The molecule has 0 bridgehead atoms. The summed E-state index contributed by atoms with van der Waals surface area (Å²) in [5.41, 5.74) is 11.2. The molecule has 44 heavy (non-hydrogen) atoms. The molecule has 1 rings (SSSR count). The maximum Gasteiger partial charge on any atom is 0.337 e. The van der Waals surface area contributed by atoms with Gasteiger partial charge in [-0.25, -0.2) is 0 Å². The summed E-state index contributed by atoms with van der Waals surface area (Å²) >= 11 is 0. The van der Waals surface area contributed by atoms with Gasteiger partial charge in [0.15, 0.2) is 23.6 Å². The highest BCUT2D eigenvalue weighted by Gasteiger charge is 2.29. The van der Waals surface area contributed by atoms with E-state index in [-0.39, 0.29) is 0 Å². The van der Waals surface area contributed by atoms with Crippen LogP contribution < -0.4 is 11.5 Å². The highest BCUT2D eigenvalue weighted by atomic mass is 31.3. The van der Waals surface area contributed by atoms with Crippen LogP contribution in [0.3, 0.4) is 0 Å². The SMILES string of the molecule is NCC1CCCC1N.O=P(O)(O)CP(=O)(O)O.O=P(O)(O)CP(=O)(O)O.O=P(O)(O)CP(=O)(O)O.O=P(O)(O)CP(=O)(O)O. The molecule has 2 atom stereocenters. The normalized spacial score (nSPS) is 18.2. The Morgan fingerprint density at radius 3 is 0.636 bits per heavy atom. The lowest BCUT2D eigenvalue weighted by Crippen LogP contribution is -2.29. The summed E-state index contributed by atoms with van der Waals surface area (Å²) in [6.07, 6.45) is 3.71. The second-order valence-electron chi connectivity index (χ2n) is 8.47. The minimum absolute atomic E-state index is 0.403. The van der Waals surface area contributed by atoms with E-state index >= 15 is 0 Å².